The second-order valence-corrected chi connectivity index (χ2v) is 6.32. The van der Waals surface area contributed by atoms with Crippen LogP contribution in [-0.4, -0.2) is 43.2 Å². The molecule has 0 aliphatic carbocycles. The van der Waals surface area contributed by atoms with Crippen LogP contribution in [0.15, 0.2) is 24.4 Å². The van der Waals surface area contributed by atoms with Crippen molar-refractivity contribution >= 4 is 10.9 Å². The van der Waals surface area contributed by atoms with E-state index >= 15 is 0 Å². The molecular formula is C19H23N3O2. The zero-order valence-corrected chi connectivity index (χ0v) is 14.3. The highest BCUT2D eigenvalue weighted by Gasteiger charge is 2.18. The summed E-state index contributed by atoms with van der Waals surface area (Å²) >= 11 is 0. The van der Waals surface area contributed by atoms with E-state index in [1.54, 1.807) is 6.20 Å². The average Bonchev–Trinajstić information content (AvgIpc) is 2.61. The maximum absolute atomic E-state index is 9.02. The number of rotatable bonds is 5. The smallest absolute Gasteiger partial charge is 0.163 e. The van der Waals surface area contributed by atoms with Crippen molar-refractivity contribution in [2.45, 2.75) is 19.8 Å². The van der Waals surface area contributed by atoms with E-state index < -0.39 is 0 Å². The Kier molecular flexibility index (Phi) is 5.17. The number of fused-ring (bicyclic) bond motifs is 1. The van der Waals surface area contributed by atoms with Crippen molar-refractivity contribution in [2.75, 3.05) is 33.4 Å². The zero-order valence-electron chi connectivity index (χ0n) is 14.3. The zero-order chi connectivity index (χ0) is 16.9. The van der Waals surface area contributed by atoms with E-state index in [0.29, 0.717) is 24.7 Å². The van der Waals surface area contributed by atoms with Crippen molar-refractivity contribution in [3.05, 3.63) is 30.0 Å². The monoisotopic (exact) mass is 325 g/mol. The van der Waals surface area contributed by atoms with Crippen LogP contribution in [0.4, 0.5) is 0 Å². The maximum atomic E-state index is 9.02. The Hall–Kier alpha value is -2.32. The number of nitrogens with zero attached hydrogens (tertiary/aromatic N) is 3. The third kappa shape index (κ3) is 3.77. The minimum Gasteiger partial charge on any atom is -0.490 e. The van der Waals surface area contributed by atoms with Crippen LogP contribution in [0.3, 0.4) is 0 Å². The molecule has 1 aliphatic heterocycles. The van der Waals surface area contributed by atoms with E-state index in [0.717, 1.165) is 48.3 Å². The lowest BCUT2D eigenvalue weighted by atomic mass is 9.98. The lowest BCUT2D eigenvalue weighted by Crippen LogP contribution is -2.32. The molecule has 5 nitrogen and oxygen atoms in total. The second-order valence-electron chi connectivity index (χ2n) is 6.32. The SMILES string of the molecule is CCOc1cc2cc(C#N)cnc2cc1OCC1CCN(C)CC1. The predicted molar refractivity (Wildman–Crippen MR) is 93.3 cm³/mol. The molecule has 0 amide bonds. The molecule has 0 bridgehead atoms. The lowest BCUT2D eigenvalue weighted by molar-refractivity contribution is 0.156. The van der Waals surface area contributed by atoms with Crippen LogP contribution >= 0.6 is 0 Å². The maximum Gasteiger partial charge on any atom is 0.163 e. The molecule has 5 heteroatoms. The van der Waals surface area contributed by atoms with E-state index in [1.165, 1.54) is 0 Å². The highest BCUT2D eigenvalue weighted by atomic mass is 16.5. The molecular weight excluding hydrogens is 302 g/mol. The first kappa shape index (κ1) is 16.5. The van der Waals surface area contributed by atoms with Crippen molar-refractivity contribution in [3.63, 3.8) is 0 Å². The van der Waals surface area contributed by atoms with Gasteiger partial charge in [-0.25, -0.2) is 0 Å². The Bertz CT molecular complexity index is 746. The standard InChI is InChI=1S/C19H23N3O2/c1-3-23-18-9-16-8-15(11-20)12-21-17(16)10-19(18)24-13-14-4-6-22(2)7-5-14/h8-10,12,14H,3-7,13H2,1-2H3. The molecule has 0 spiro atoms. The fourth-order valence-electron chi connectivity index (χ4n) is 3.01. The summed E-state index contributed by atoms with van der Waals surface area (Å²) in [4.78, 5) is 6.71. The number of hydrogen-bond donors (Lipinski definition) is 0. The minimum atomic E-state index is 0.546. The van der Waals surface area contributed by atoms with Crippen LogP contribution in [0.2, 0.25) is 0 Å². The summed E-state index contributed by atoms with van der Waals surface area (Å²) in [6, 6.07) is 7.77. The molecule has 0 unspecified atom stereocenters. The van der Waals surface area contributed by atoms with Crippen LogP contribution < -0.4 is 9.47 Å². The van der Waals surface area contributed by atoms with Gasteiger partial charge in [0.1, 0.15) is 6.07 Å². The third-order valence-corrected chi connectivity index (χ3v) is 4.49. The number of nitriles is 1. The molecule has 1 fully saturated rings. The number of piperidine rings is 1. The first-order chi connectivity index (χ1) is 11.7. The molecule has 0 saturated carbocycles. The number of hydrogen-bond acceptors (Lipinski definition) is 5. The summed E-state index contributed by atoms with van der Waals surface area (Å²) < 4.78 is 11.8. The molecule has 1 saturated heterocycles. The van der Waals surface area contributed by atoms with Crippen LogP contribution in [0, 0.1) is 17.2 Å². The number of aromatic nitrogens is 1. The van der Waals surface area contributed by atoms with E-state index in [1.807, 2.05) is 25.1 Å². The Morgan fingerprint density at radius 2 is 1.96 bits per heavy atom. The summed E-state index contributed by atoms with van der Waals surface area (Å²) in [5, 5.41) is 9.91. The summed E-state index contributed by atoms with van der Waals surface area (Å²) in [5.41, 5.74) is 1.36. The van der Waals surface area contributed by atoms with Crippen LogP contribution in [0.5, 0.6) is 11.5 Å². The largest absolute Gasteiger partial charge is 0.490 e. The first-order valence-corrected chi connectivity index (χ1v) is 8.47. The highest BCUT2D eigenvalue weighted by molar-refractivity contribution is 5.83. The van der Waals surface area contributed by atoms with Gasteiger partial charge in [-0.2, -0.15) is 5.26 Å². The van der Waals surface area contributed by atoms with E-state index in [2.05, 4.69) is 23.0 Å². The van der Waals surface area contributed by atoms with Crippen molar-refractivity contribution in [1.29, 1.82) is 5.26 Å². The summed E-state index contributed by atoms with van der Waals surface area (Å²) in [6.07, 6.45) is 3.92. The van der Waals surface area contributed by atoms with Gasteiger partial charge in [0.05, 0.1) is 24.3 Å². The molecule has 1 aromatic carbocycles. The van der Waals surface area contributed by atoms with Gasteiger partial charge in [-0.05, 0) is 58.0 Å². The Morgan fingerprint density at radius 3 is 2.67 bits per heavy atom. The Labute approximate surface area is 142 Å². The molecule has 2 aromatic rings. The van der Waals surface area contributed by atoms with Crippen LogP contribution in [0.25, 0.3) is 10.9 Å². The van der Waals surface area contributed by atoms with Gasteiger partial charge < -0.3 is 14.4 Å². The first-order valence-electron chi connectivity index (χ1n) is 8.47. The van der Waals surface area contributed by atoms with Crippen LogP contribution in [-0.2, 0) is 0 Å². The predicted octanol–water partition coefficient (Wildman–Crippen LogP) is 3.23. The molecule has 2 heterocycles. The number of pyridine rings is 1. The summed E-state index contributed by atoms with van der Waals surface area (Å²) in [6.45, 7) is 5.48. The molecule has 24 heavy (non-hydrogen) atoms. The average molecular weight is 325 g/mol. The minimum absolute atomic E-state index is 0.546. The number of benzene rings is 1. The van der Waals surface area contributed by atoms with Gasteiger partial charge in [0.2, 0.25) is 0 Å². The van der Waals surface area contributed by atoms with E-state index in [4.69, 9.17) is 14.7 Å². The topological polar surface area (TPSA) is 58.4 Å². The summed E-state index contributed by atoms with van der Waals surface area (Å²) in [5.74, 6) is 2.04. The van der Waals surface area contributed by atoms with Gasteiger partial charge in [-0.1, -0.05) is 0 Å². The van der Waals surface area contributed by atoms with Crippen LogP contribution in [0.1, 0.15) is 25.3 Å². The normalized spacial score (nSPS) is 16.0. The van der Waals surface area contributed by atoms with Gasteiger partial charge in [0.25, 0.3) is 0 Å². The molecule has 126 valence electrons. The fraction of sp³-hybridized carbons (Fsp3) is 0.474. The second kappa shape index (κ2) is 7.50. The van der Waals surface area contributed by atoms with Gasteiger partial charge in [-0.15, -0.1) is 0 Å². The van der Waals surface area contributed by atoms with Gasteiger partial charge in [0.15, 0.2) is 11.5 Å². The van der Waals surface area contributed by atoms with Gasteiger partial charge in [0, 0.05) is 17.6 Å². The molecule has 0 N–H and O–H groups in total. The van der Waals surface area contributed by atoms with Crippen molar-refractivity contribution < 1.29 is 9.47 Å². The van der Waals surface area contributed by atoms with Gasteiger partial charge >= 0.3 is 0 Å². The third-order valence-electron chi connectivity index (χ3n) is 4.49. The Balaban J connectivity index is 1.80. The molecule has 1 aliphatic rings. The quantitative estimate of drug-likeness (QED) is 0.845. The number of likely N-dealkylation sites (tertiary alicyclic amines) is 1. The summed E-state index contributed by atoms with van der Waals surface area (Å²) in [7, 11) is 2.16. The fourth-order valence-corrected chi connectivity index (χ4v) is 3.01. The van der Waals surface area contributed by atoms with Crippen molar-refractivity contribution in [1.82, 2.24) is 9.88 Å². The lowest BCUT2D eigenvalue weighted by Gasteiger charge is -2.28. The van der Waals surface area contributed by atoms with Crippen molar-refractivity contribution in [2.24, 2.45) is 5.92 Å². The highest BCUT2D eigenvalue weighted by Crippen LogP contribution is 2.33. The van der Waals surface area contributed by atoms with E-state index in [9.17, 15) is 0 Å². The molecule has 0 radical (unpaired) electrons. The molecule has 3 rings (SSSR count). The van der Waals surface area contributed by atoms with Gasteiger partial charge in [-0.3, -0.25) is 4.98 Å². The number of ether oxygens (including phenoxy) is 2. The molecule has 1 aromatic heterocycles. The van der Waals surface area contributed by atoms with E-state index in [-0.39, 0.29) is 0 Å². The Morgan fingerprint density at radius 1 is 1.21 bits per heavy atom. The molecule has 0 atom stereocenters. The van der Waals surface area contributed by atoms with Crippen molar-refractivity contribution in [3.8, 4) is 17.6 Å².